The van der Waals surface area contributed by atoms with Crippen LogP contribution in [-0.4, -0.2) is 38.2 Å². The second-order valence-corrected chi connectivity index (χ2v) is 9.44. The second-order valence-electron chi connectivity index (χ2n) is 9.44. The molecule has 0 aromatic heterocycles. The maximum Gasteiger partial charge on any atom is 0.306 e. The number of hydrogen-bond donors (Lipinski definition) is 1. The lowest BCUT2D eigenvalue weighted by Crippen LogP contribution is -2.18. The number of unbranched alkanes of at least 4 members (excludes halogenated alkanes) is 13. The number of nitrogens with one attached hydrogen (secondary N) is 1. The molecule has 0 heterocycles. The molecule has 0 spiro atoms. The summed E-state index contributed by atoms with van der Waals surface area (Å²) in [5, 5.41) is 3.49. The fourth-order valence-corrected chi connectivity index (χ4v) is 4.07. The first-order chi connectivity index (χ1) is 16.1. The SMILES string of the molecule is CCCCCCCCCCC(CC)OC(=O)CCCCCNCCCCCCCC(=O)OC. The van der Waals surface area contributed by atoms with Crippen LogP contribution in [0.4, 0.5) is 0 Å². The normalized spacial score (nSPS) is 12.0. The van der Waals surface area contributed by atoms with Gasteiger partial charge in [0.25, 0.3) is 0 Å². The van der Waals surface area contributed by atoms with Crippen molar-refractivity contribution < 1.29 is 19.1 Å². The minimum atomic E-state index is -0.103. The van der Waals surface area contributed by atoms with Crippen LogP contribution in [0.25, 0.3) is 0 Å². The van der Waals surface area contributed by atoms with Gasteiger partial charge in [0.05, 0.1) is 7.11 Å². The maximum absolute atomic E-state index is 12.1. The molecule has 1 atom stereocenters. The monoisotopic (exact) mass is 469 g/mol. The Labute approximate surface area is 205 Å². The summed E-state index contributed by atoms with van der Waals surface area (Å²) in [4.78, 5) is 23.1. The van der Waals surface area contributed by atoms with E-state index in [1.54, 1.807) is 0 Å². The Kier molecular flexibility index (Phi) is 24.7. The fourth-order valence-electron chi connectivity index (χ4n) is 4.07. The molecule has 33 heavy (non-hydrogen) atoms. The van der Waals surface area contributed by atoms with Gasteiger partial charge < -0.3 is 14.8 Å². The van der Waals surface area contributed by atoms with Gasteiger partial charge >= 0.3 is 11.9 Å². The molecule has 0 saturated carbocycles. The molecule has 0 aliphatic carbocycles. The molecule has 0 bridgehead atoms. The maximum atomic E-state index is 12.1. The topological polar surface area (TPSA) is 64.6 Å². The lowest BCUT2D eigenvalue weighted by atomic mass is 10.0. The van der Waals surface area contributed by atoms with Crippen molar-refractivity contribution in [3.63, 3.8) is 0 Å². The van der Waals surface area contributed by atoms with Gasteiger partial charge in [-0.05, 0) is 58.0 Å². The summed E-state index contributed by atoms with van der Waals surface area (Å²) in [6.45, 7) is 6.45. The van der Waals surface area contributed by atoms with E-state index in [1.807, 2.05) is 0 Å². The van der Waals surface area contributed by atoms with E-state index < -0.39 is 0 Å². The molecule has 0 aliphatic rings. The average Bonchev–Trinajstić information content (AvgIpc) is 2.82. The molecule has 0 fully saturated rings. The number of ether oxygens (including phenoxy) is 2. The van der Waals surface area contributed by atoms with Crippen molar-refractivity contribution in [2.45, 2.75) is 148 Å². The largest absolute Gasteiger partial charge is 0.469 e. The quantitative estimate of drug-likeness (QED) is 0.111. The molecule has 1 unspecified atom stereocenters. The van der Waals surface area contributed by atoms with Crippen LogP contribution in [-0.2, 0) is 19.1 Å². The van der Waals surface area contributed by atoms with E-state index >= 15 is 0 Å². The highest BCUT2D eigenvalue weighted by Gasteiger charge is 2.12. The summed E-state index contributed by atoms with van der Waals surface area (Å²) in [6, 6.07) is 0. The molecule has 0 aliphatic heterocycles. The van der Waals surface area contributed by atoms with E-state index in [0.717, 1.165) is 58.0 Å². The van der Waals surface area contributed by atoms with Crippen LogP contribution in [0.5, 0.6) is 0 Å². The fraction of sp³-hybridized carbons (Fsp3) is 0.929. The van der Waals surface area contributed by atoms with Crippen LogP contribution in [0.3, 0.4) is 0 Å². The van der Waals surface area contributed by atoms with E-state index in [-0.39, 0.29) is 18.0 Å². The van der Waals surface area contributed by atoms with Crippen molar-refractivity contribution in [2.75, 3.05) is 20.2 Å². The van der Waals surface area contributed by atoms with Crippen molar-refractivity contribution >= 4 is 11.9 Å². The minimum absolute atomic E-state index is 0.0124. The van der Waals surface area contributed by atoms with E-state index in [0.29, 0.717) is 12.8 Å². The van der Waals surface area contributed by atoms with Gasteiger partial charge in [0.15, 0.2) is 0 Å². The molecule has 0 amide bonds. The first-order valence-electron chi connectivity index (χ1n) is 14.1. The number of rotatable bonds is 25. The van der Waals surface area contributed by atoms with Crippen molar-refractivity contribution in [2.24, 2.45) is 0 Å². The lowest BCUT2D eigenvalue weighted by Gasteiger charge is -2.16. The van der Waals surface area contributed by atoms with Gasteiger partial charge in [-0.15, -0.1) is 0 Å². The van der Waals surface area contributed by atoms with Crippen LogP contribution < -0.4 is 5.32 Å². The van der Waals surface area contributed by atoms with Gasteiger partial charge in [-0.3, -0.25) is 9.59 Å². The number of carbonyl (C=O) groups is 2. The Morgan fingerprint density at radius 2 is 1.12 bits per heavy atom. The standard InChI is InChI=1S/C28H55NO4/c1-4-6-7-8-9-10-12-16-21-26(5-2)33-28(31)23-18-15-20-25-29-24-19-14-11-13-17-22-27(30)32-3/h26,29H,4-25H2,1-3H3. The first kappa shape index (κ1) is 31.9. The minimum Gasteiger partial charge on any atom is -0.469 e. The third kappa shape index (κ3) is 23.8. The molecule has 5 heteroatoms. The summed E-state index contributed by atoms with van der Waals surface area (Å²) < 4.78 is 10.3. The van der Waals surface area contributed by atoms with E-state index in [4.69, 9.17) is 4.74 Å². The highest BCUT2D eigenvalue weighted by Crippen LogP contribution is 2.14. The van der Waals surface area contributed by atoms with Gasteiger partial charge in [-0.2, -0.15) is 0 Å². The zero-order chi connectivity index (χ0) is 24.4. The average molecular weight is 470 g/mol. The molecule has 0 rings (SSSR count). The Morgan fingerprint density at radius 1 is 0.636 bits per heavy atom. The van der Waals surface area contributed by atoms with Gasteiger partial charge in [-0.25, -0.2) is 0 Å². The Bertz CT molecular complexity index is 442. The number of carbonyl (C=O) groups excluding carboxylic acids is 2. The number of esters is 2. The van der Waals surface area contributed by atoms with Crippen LogP contribution in [0.15, 0.2) is 0 Å². The molecular weight excluding hydrogens is 414 g/mol. The lowest BCUT2D eigenvalue weighted by molar-refractivity contribution is -0.149. The summed E-state index contributed by atoms with van der Waals surface area (Å²) in [6.07, 6.45) is 22.4. The van der Waals surface area contributed by atoms with E-state index in [2.05, 4.69) is 23.9 Å². The van der Waals surface area contributed by atoms with Crippen LogP contribution in [0, 0.1) is 0 Å². The molecule has 196 valence electrons. The molecule has 0 radical (unpaired) electrons. The van der Waals surface area contributed by atoms with Crippen LogP contribution in [0.1, 0.15) is 142 Å². The van der Waals surface area contributed by atoms with Crippen LogP contribution >= 0.6 is 0 Å². The highest BCUT2D eigenvalue weighted by molar-refractivity contribution is 5.69. The molecule has 1 N–H and O–H groups in total. The Hall–Kier alpha value is -1.10. The molecule has 0 aromatic rings. The van der Waals surface area contributed by atoms with Gasteiger partial charge in [0, 0.05) is 12.8 Å². The zero-order valence-electron chi connectivity index (χ0n) is 22.3. The third-order valence-electron chi connectivity index (χ3n) is 6.33. The summed E-state index contributed by atoms with van der Waals surface area (Å²) in [5.74, 6) is -0.115. The smallest absolute Gasteiger partial charge is 0.306 e. The van der Waals surface area contributed by atoms with Gasteiger partial charge in [-0.1, -0.05) is 84.5 Å². The predicted molar refractivity (Wildman–Crippen MR) is 138 cm³/mol. The number of hydrogen-bond acceptors (Lipinski definition) is 5. The van der Waals surface area contributed by atoms with Crippen LogP contribution in [0.2, 0.25) is 0 Å². The number of methoxy groups -OCH3 is 1. The predicted octanol–water partition coefficient (Wildman–Crippen LogP) is 7.50. The zero-order valence-corrected chi connectivity index (χ0v) is 22.3. The summed E-state index contributed by atoms with van der Waals surface area (Å²) >= 11 is 0. The Morgan fingerprint density at radius 3 is 1.70 bits per heavy atom. The molecule has 0 aromatic carbocycles. The van der Waals surface area contributed by atoms with Crippen molar-refractivity contribution in [1.82, 2.24) is 5.32 Å². The third-order valence-corrected chi connectivity index (χ3v) is 6.33. The van der Waals surface area contributed by atoms with E-state index in [1.165, 1.54) is 77.7 Å². The molecular formula is C28H55NO4. The van der Waals surface area contributed by atoms with Crippen molar-refractivity contribution in [1.29, 1.82) is 0 Å². The van der Waals surface area contributed by atoms with Crippen molar-refractivity contribution in [3.8, 4) is 0 Å². The molecule has 0 saturated heterocycles. The summed E-state index contributed by atoms with van der Waals surface area (Å²) in [7, 11) is 1.45. The first-order valence-corrected chi connectivity index (χ1v) is 14.1. The molecule has 5 nitrogen and oxygen atoms in total. The van der Waals surface area contributed by atoms with Crippen molar-refractivity contribution in [3.05, 3.63) is 0 Å². The van der Waals surface area contributed by atoms with Gasteiger partial charge in [0.2, 0.25) is 0 Å². The highest BCUT2D eigenvalue weighted by atomic mass is 16.5. The Balaban J connectivity index is 3.43. The second kappa shape index (κ2) is 25.5. The summed E-state index contributed by atoms with van der Waals surface area (Å²) in [5.41, 5.74) is 0. The van der Waals surface area contributed by atoms with Gasteiger partial charge in [0.1, 0.15) is 6.10 Å². The van der Waals surface area contributed by atoms with E-state index in [9.17, 15) is 9.59 Å².